The van der Waals surface area contributed by atoms with Crippen molar-refractivity contribution in [3.63, 3.8) is 0 Å². The summed E-state index contributed by atoms with van der Waals surface area (Å²) in [6, 6.07) is 2.12. The number of imide groups is 1. The van der Waals surface area contributed by atoms with E-state index in [2.05, 4.69) is 5.32 Å². The van der Waals surface area contributed by atoms with E-state index in [1.54, 1.807) is 25.7 Å². The topological polar surface area (TPSA) is 116 Å². The molecule has 2 unspecified atom stereocenters. The van der Waals surface area contributed by atoms with Gasteiger partial charge in [-0.25, -0.2) is 9.18 Å². The number of benzene rings is 1. The van der Waals surface area contributed by atoms with Crippen LogP contribution in [0.25, 0.3) is 0 Å². The number of fused-ring (bicyclic) bond motifs is 1. The standard InChI is InChI=1S/C27H36FN3O6/c1-6-26(7-2)15-30(24(35)37-25(3,4)5)13-12-27(26,36)18-9-8-16-17(21(18)28)14-31(23(16)34)19-10-11-20(32)29-22(19)33/h8-9,19,36H,6-7,10-15H2,1-5H3,(H,29,32,33). The molecule has 0 bridgehead atoms. The van der Waals surface area contributed by atoms with Crippen LogP contribution in [0.2, 0.25) is 0 Å². The zero-order valence-corrected chi connectivity index (χ0v) is 22.1. The molecule has 4 amide bonds. The number of halogens is 1. The number of amides is 4. The summed E-state index contributed by atoms with van der Waals surface area (Å²) < 4.78 is 21.7. The van der Waals surface area contributed by atoms with Crippen molar-refractivity contribution in [3.05, 3.63) is 34.6 Å². The third kappa shape index (κ3) is 4.49. The Bertz CT molecular complexity index is 1140. The molecule has 2 N–H and O–H groups in total. The molecule has 0 radical (unpaired) electrons. The number of likely N-dealkylation sites (tertiary alicyclic amines) is 1. The van der Waals surface area contributed by atoms with Crippen molar-refractivity contribution in [2.45, 2.75) is 90.5 Å². The zero-order valence-electron chi connectivity index (χ0n) is 22.1. The van der Waals surface area contributed by atoms with Gasteiger partial charge in [0.2, 0.25) is 11.8 Å². The molecule has 3 aliphatic rings. The number of hydrogen-bond donors (Lipinski definition) is 2. The summed E-state index contributed by atoms with van der Waals surface area (Å²) in [5.74, 6) is -2.10. The normalized spacial score (nSPS) is 25.7. The predicted molar refractivity (Wildman–Crippen MR) is 132 cm³/mol. The Morgan fingerprint density at radius 3 is 2.49 bits per heavy atom. The van der Waals surface area contributed by atoms with E-state index in [1.165, 1.54) is 17.0 Å². The Labute approximate surface area is 216 Å². The van der Waals surface area contributed by atoms with Gasteiger partial charge < -0.3 is 19.6 Å². The van der Waals surface area contributed by atoms with Crippen LogP contribution in [0.5, 0.6) is 0 Å². The smallest absolute Gasteiger partial charge is 0.410 e. The first-order valence-corrected chi connectivity index (χ1v) is 12.9. The quantitative estimate of drug-likeness (QED) is 0.593. The summed E-state index contributed by atoms with van der Waals surface area (Å²) in [4.78, 5) is 52.7. The Balaban J connectivity index is 1.66. The number of rotatable bonds is 4. The summed E-state index contributed by atoms with van der Waals surface area (Å²) >= 11 is 0. The van der Waals surface area contributed by atoms with Gasteiger partial charge in [-0.1, -0.05) is 19.9 Å². The maximum Gasteiger partial charge on any atom is 0.410 e. The molecule has 4 rings (SSSR count). The molecule has 2 atom stereocenters. The zero-order chi connectivity index (χ0) is 27.3. The molecule has 1 aromatic carbocycles. The van der Waals surface area contributed by atoms with E-state index in [4.69, 9.17) is 4.74 Å². The third-order valence-electron chi connectivity index (χ3n) is 8.21. The van der Waals surface area contributed by atoms with E-state index in [1.807, 2.05) is 13.8 Å². The first-order chi connectivity index (χ1) is 17.3. The second-order valence-electron chi connectivity index (χ2n) is 11.4. The van der Waals surface area contributed by atoms with E-state index in [-0.39, 0.29) is 55.6 Å². The van der Waals surface area contributed by atoms with Crippen LogP contribution in [0.15, 0.2) is 12.1 Å². The van der Waals surface area contributed by atoms with Crippen molar-refractivity contribution in [2.75, 3.05) is 13.1 Å². The molecule has 202 valence electrons. The van der Waals surface area contributed by atoms with Gasteiger partial charge in [0.05, 0.1) is 6.54 Å². The first kappa shape index (κ1) is 27.0. The molecule has 0 saturated carbocycles. The maximum atomic E-state index is 16.2. The highest BCUT2D eigenvalue weighted by molar-refractivity contribution is 6.05. The molecular formula is C27H36FN3O6. The highest BCUT2D eigenvalue weighted by Crippen LogP contribution is 2.52. The molecule has 2 saturated heterocycles. The highest BCUT2D eigenvalue weighted by Gasteiger charge is 2.55. The first-order valence-electron chi connectivity index (χ1n) is 12.9. The van der Waals surface area contributed by atoms with Gasteiger partial charge in [0.25, 0.3) is 5.91 Å². The number of nitrogens with one attached hydrogen (secondary N) is 1. The molecule has 0 aromatic heterocycles. The summed E-state index contributed by atoms with van der Waals surface area (Å²) in [7, 11) is 0. The lowest BCUT2D eigenvalue weighted by atomic mass is 9.61. The van der Waals surface area contributed by atoms with Crippen molar-refractivity contribution < 1.29 is 33.4 Å². The van der Waals surface area contributed by atoms with Crippen molar-refractivity contribution >= 4 is 23.8 Å². The molecule has 1 aromatic rings. The van der Waals surface area contributed by atoms with Crippen LogP contribution in [0.4, 0.5) is 9.18 Å². The summed E-state index contributed by atoms with van der Waals surface area (Å²) in [6.07, 6.45) is 0.884. The fourth-order valence-corrected chi connectivity index (χ4v) is 6.02. The lowest BCUT2D eigenvalue weighted by molar-refractivity contribution is -0.146. The van der Waals surface area contributed by atoms with Crippen molar-refractivity contribution in [1.82, 2.24) is 15.1 Å². The average molecular weight is 518 g/mol. The van der Waals surface area contributed by atoms with Crippen LogP contribution in [0.3, 0.4) is 0 Å². The number of nitrogens with zero attached hydrogens (tertiary/aromatic N) is 2. The lowest BCUT2D eigenvalue weighted by Gasteiger charge is -2.53. The Hall–Kier alpha value is -3.01. The molecule has 2 fully saturated rings. The van der Waals surface area contributed by atoms with Gasteiger partial charge >= 0.3 is 6.09 Å². The number of aliphatic hydroxyl groups is 1. The number of hydrogen-bond acceptors (Lipinski definition) is 6. The van der Waals surface area contributed by atoms with Crippen LogP contribution in [-0.4, -0.2) is 63.5 Å². The van der Waals surface area contributed by atoms with Crippen LogP contribution in [0, 0.1) is 11.2 Å². The second-order valence-corrected chi connectivity index (χ2v) is 11.4. The van der Waals surface area contributed by atoms with Gasteiger partial charge in [0, 0.05) is 41.6 Å². The van der Waals surface area contributed by atoms with Crippen molar-refractivity contribution in [2.24, 2.45) is 5.41 Å². The second kappa shape index (κ2) is 9.38. The van der Waals surface area contributed by atoms with Crippen LogP contribution in [0.1, 0.15) is 88.2 Å². The molecular weight excluding hydrogens is 481 g/mol. The Morgan fingerprint density at radius 2 is 1.89 bits per heavy atom. The van der Waals surface area contributed by atoms with Gasteiger partial charge in [0.15, 0.2) is 0 Å². The van der Waals surface area contributed by atoms with Crippen LogP contribution < -0.4 is 5.32 Å². The predicted octanol–water partition coefficient (Wildman–Crippen LogP) is 3.22. The SMILES string of the molecule is CCC1(CC)CN(C(=O)OC(C)(C)C)CCC1(O)c1ccc2c(c1F)CN(C1CCC(=O)NC1=O)C2=O. The molecule has 10 heteroatoms. The molecule has 0 aliphatic carbocycles. The Kier molecular flexibility index (Phi) is 6.85. The van der Waals surface area contributed by atoms with Crippen molar-refractivity contribution in [1.29, 1.82) is 0 Å². The summed E-state index contributed by atoms with van der Waals surface area (Å²) in [5, 5.41) is 14.4. The van der Waals surface area contributed by atoms with E-state index in [9.17, 15) is 24.3 Å². The average Bonchev–Trinajstić information content (AvgIpc) is 3.15. The highest BCUT2D eigenvalue weighted by atomic mass is 19.1. The lowest BCUT2D eigenvalue weighted by Crippen LogP contribution is -2.59. The number of ether oxygens (including phenoxy) is 1. The minimum absolute atomic E-state index is 0.0942. The van der Waals surface area contributed by atoms with Gasteiger partial charge in [-0.3, -0.25) is 19.7 Å². The van der Waals surface area contributed by atoms with Crippen LogP contribution >= 0.6 is 0 Å². The number of piperidine rings is 2. The fraction of sp³-hybridized carbons (Fsp3) is 0.630. The molecule has 3 aliphatic heterocycles. The third-order valence-corrected chi connectivity index (χ3v) is 8.21. The van der Waals surface area contributed by atoms with Crippen molar-refractivity contribution in [3.8, 4) is 0 Å². The fourth-order valence-electron chi connectivity index (χ4n) is 6.02. The monoisotopic (exact) mass is 517 g/mol. The minimum Gasteiger partial charge on any atom is -0.444 e. The van der Waals surface area contributed by atoms with Gasteiger partial charge in [0.1, 0.15) is 23.1 Å². The van der Waals surface area contributed by atoms with E-state index in [0.29, 0.717) is 12.8 Å². The van der Waals surface area contributed by atoms with E-state index in [0.717, 1.165) is 0 Å². The number of carbonyl (C=O) groups is 4. The van der Waals surface area contributed by atoms with Gasteiger partial charge in [-0.2, -0.15) is 0 Å². The minimum atomic E-state index is -1.58. The summed E-state index contributed by atoms with van der Waals surface area (Å²) in [5.41, 5.74) is -2.71. The molecule has 3 heterocycles. The number of carbonyl (C=O) groups excluding carboxylic acids is 4. The molecule has 0 spiro atoms. The molecule has 9 nitrogen and oxygen atoms in total. The molecule has 37 heavy (non-hydrogen) atoms. The summed E-state index contributed by atoms with van der Waals surface area (Å²) in [6.45, 7) is 9.45. The Morgan fingerprint density at radius 1 is 1.22 bits per heavy atom. The van der Waals surface area contributed by atoms with E-state index >= 15 is 4.39 Å². The maximum absolute atomic E-state index is 16.2. The largest absolute Gasteiger partial charge is 0.444 e. The van der Waals surface area contributed by atoms with Crippen LogP contribution in [-0.2, 0) is 26.5 Å². The van der Waals surface area contributed by atoms with E-state index < -0.39 is 52.3 Å². The van der Waals surface area contributed by atoms with Gasteiger partial charge in [-0.15, -0.1) is 0 Å². The van der Waals surface area contributed by atoms with Gasteiger partial charge in [-0.05, 0) is 52.5 Å².